The minimum atomic E-state index is 0.181. The first kappa shape index (κ1) is 16.2. The lowest BCUT2D eigenvalue weighted by atomic mass is 10.1. The number of nitrogens with one attached hydrogen (secondary N) is 1. The standard InChI is InChI=1S/C16H33N3O/c1-16(2,3)17-11-15(13-20-4)19-10-7-14(12-19)18-8-5-6-9-18/h14-15,17H,5-13H2,1-4H3. The number of nitrogens with zero attached hydrogens (tertiary/aromatic N) is 2. The second-order valence-electron chi connectivity index (χ2n) is 7.42. The zero-order valence-corrected chi connectivity index (χ0v) is 13.8. The average molecular weight is 283 g/mol. The first-order valence-electron chi connectivity index (χ1n) is 8.21. The van der Waals surface area contributed by atoms with E-state index < -0.39 is 0 Å². The lowest BCUT2D eigenvalue weighted by Crippen LogP contribution is -2.49. The van der Waals surface area contributed by atoms with Crippen molar-refractivity contribution in [3.63, 3.8) is 0 Å². The molecule has 1 N–H and O–H groups in total. The molecule has 0 aromatic carbocycles. The van der Waals surface area contributed by atoms with Crippen molar-refractivity contribution in [2.24, 2.45) is 0 Å². The lowest BCUT2D eigenvalue weighted by Gasteiger charge is -2.32. The molecule has 2 rings (SSSR count). The predicted octanol–water partition coefficient (Wildman–Crippen LogP) is 1.56. The molecule has 0 aromatic heterocycles. The summed E-state index contributed by atoms with van der Waals surface area (Å²) in [5.74, 6) is 0. The topological polar surface area (TPSA) is 27.7 Å². The van der Waals surface area contributed by atoms with Crippen molar-refractivity contribution in [2.75, 3.05) is 46.4 Å². The van der Waals surface area contributed by atoms with E-state index in [0.717, 1.165) is 19.2 Å². The van der Waals surface area contributed by atoms with Crippen molar-refractivity contribution in [3.05, 3.63) is 0 Å². The Balaban J connectivity index is 1.83. The molecule has 2 unspecified atom stereocenters. The molecule has 4 nitrogen and oxygen atoms in total. The molecule has 0 saturated carbocycles. The third kappa shape index (κ3) is 4.69. The summed E-state index contributed by atoms with van der Waals surface area (Å²) in [5, 5.41) is 3.63. The third-order valence-electron chi connectivity index (χ3n) is 4.60. The average Bonchev–Trinajstić information content (AvgIpc) is 3.02. The molecule has 0 aliphatic carbocycles. The maximum atomic E-state index is 5.45. The summed E-state index contributed by atoms with van der Waals surface area (Å²) in [7, 11) is 1.82. The van der Waals surface area contributed by atoms with Gasteiger partial charge in [0, 0.05) is 44.4 Å². The van der Waals surface area contributed by atoms with Gasteiger partial charge in [-0.25, -0.2) is 0 Å². The van der Waals surface area contributed by atoms with Crippen molar-refractivity contribution in [3.8, 4) is 0 Å². The quantitative estimate of drug-likeness (QED) is 0.801. The van der Waals surface area contributed by atoms with E-state index in [0.29, 0.717) is 6.04 Å². The van der Waals surface area contributed by atoms with Crippen molar-refractivity contribution >= 4 is 0 Å². The number of likely N-dealkylation sites (tertiary alicyclic amines) is 2. The Bertz CT molecular complexity index is 284. The molecular formula is C16H33N3O. The molecule has 2 saturated heterocycles. The maximum absolute atomic E-state index is 5.45. The van der Waals surface area contributed by atoms with Gasteiger partial charge in [-0.2, -0.15) is 0 Å². The van der Waals surface area contributed by atoms with Crippen molar-refractivity contribution in [1.82, 2.24) is 15.1 Å². The minimum absolute atomic E-state index is 0.181. The van der Waals surface area contributed by atoms with E-state index in [2.05, 4.69) is 35.9 Å². The van der Waals surface area contributed by atoms with Crippen LogP contribution in [0.15, 0.2) is 0 Å². The molecule has 0 aromatic rings. The third-order valence-corrected chi connectivity index (χ3v) is 4.60. The van der Waals surface area contributed by atoms with E-state index >= 15 is 0 Å². The van der Waals surface area contributed by atoms with Gasteiger partial charge in [0.25, 0.3) is 0 Å². The zero-order chi connectivity index (χ0) is 14.6. The second-order valence-corrected chi connectivity index (χ2v) is 7.42. The highest BCUT2D eigenvalue weighted by Crippen LogP contribution is 2.22. The molecule has 2 heterocycles. The Morgan fingerprint density at radius 2 is 1.90 bits per heavy atom. The Hall–Kier alpha value is -0.160. The normalized spacial score (nSPS) is 27.3. The largest absolute Gasteiger partial charge is 0.383 e. The van der Waals surface area contributed by atoms with Gasteiger partial charge in [0.2, 0.25) is 0 Å². The highest BCUT2D eigenvalue weighted by Gasteiger charge is 2.32. The lowest BCUT2D eigenvalue weighted by molar-refractivity contribution is 0.0945. The summed E-state index contributed by atoms with van der Waals surface area (Å²) in [6.07, 6.45) is 4.11. The van der Waals surface area contributed by atoms with Crippen LogP contribution in [-0.4, -0.2) is 73.9 Å². The van der Waals surface area contributed by atoms with Gasteiger partial charge in [-0.05, 0) is 53.1 Å². The van der Waals surface area contributed by atoms with E-state index in [1.165, 1.54) is 45.4 Å². The monoisotopic (exact) mass is 283 g/mol. The van der Waals surface area contributed by atoms with Gasteiger partial charge < -0.3 is 10.1 Å². The fourth-order valence-electron chi connectivity index (χ4n) is 3.41. The van der Waals surface area contributed by atoms with Gasteiger partial charge in [0.05, 0.1) is 6.61 Å². The van der Waals surface area contributed by atoms with Crippen LogP contribution in [0.4, 0.5) is 0 Å². The SMILES string of the molecule is COCC(CNC(C)(C)C)N1CCC(N2CCCC2)C1. The van der Waals surface area contributed by atoms with Gasteiger partial charge in [-0.15, -0.1) is 0 Å². The Morgan fingerprint density at radius 3 is 2.50 bits per heavy atom. The molecule has 2 fully saturated rings. The summed E-state index contributed by atoms with van der Waals surface area (Å²) >= 11 is 0. The molecule has 2 atom stereocenters. The number of ether oxygens (including phenoxy) is 1. The molecule has 118 valence electrons. The van der Waals surface area contributed by atoms with Gasteiger partial charge in [0.1, 0.15) is 0 Å². The molecule has 0 spiro atoms. The smallest absolute Gasteiger partial charge is 0.0630 e. The van der Waals surface area contributed by atoms with Crippen molar-refractivity contribution in [1.29, 1.82) is 0 Å². The van der Waals surface area contributed by atoms with Crippen molar-refractivity contribution < 1.29 is 4.74 Å². The molecule has 0 amide bonds. The highest BCUT2D eigenvalue weighted by atomic mass is 16.5. The van der Waals surface area contributed by atoms with E-state index in [9.17, 15) is 0 Å². The predicted molar refractivity (Wildman–Crippen MR) is 84.2 cm³/mol. The number of methoxy groups -OCH3 is 1. The van der Waals surface area contributed by atoms with Crippen molar-refractivity contribution in [2.45, 2.75) is 57.7 Å². The summed E-state index contributed by atoms with van der Waals surface area (Å²) in [6, 6.07) is 1.29. The Morgan fingerprint density at radius 1 is 1.20 bits per heavy atom. The highest BCUT2D eigenvalue weighted by molar-refractivity contribution is 4.90. The summed E-state index contributed by atoms with van der Waals surface area (Å²) in [5.41, 5.74) is 0.181. The molecule has 20 heavy (non-hydrogen) atoms. The second kappa shape index (κ2) is 7.21. The zero-order valence-electron chi connectivity index (χ0n) is 13.8. The molecule has 4 heteroatoms. The van der Waals surface area contributed by atoms with Crippen LogP contribution in [-0.2, 0) is 4.74 Å². The maximum Gasteiger partial charge on any atom is 0.0630 e. The number of hydrogen-bond acceptors (Lipinski definition) is 4. The van der Waals surface area contributed by atoms with Crippen LogP contribution in [0.1, 0.15) is 40.0 Å². The minimum Gasteiger partial charge on any atom is -0.383 e. The summed E-state index contributed by atoms with van der Waals surface area (Å²) in [4.78, 5) is 5.33. The molecular weight excluding hydrogens is 250 g/mol. The van der Waals surface area contributed by atoms with Crippen LogP contribution >= 0.6 is 0 Å². The van der Waals surface area contributed by atoms with E-state index in [1.807, 2.05) is 7.11 Å². The summed E-state index contributed by atoms with van der Waals surface area (Å²) < 4.78 is 5.45. The first-order valence-corrected chi connectivity index (χ1v) is 8.21. The van der Waals surface area contributed by atoms with Gasteiger partial charge in [0.15, 0.2) is 0 Å². The van der Waals surface area contributed by atoms with Crippen LogP contribution in [0.2, 0.25) is 0 Å². The Labute approximate surface area is 124 Å². The van der Waals surface area contributed by atoms with Gasteiger partial charge in [-0.3, -0.25) is 9.80 Å². The molecule has 2 aliphatic heterocycles. The fourth-order valence-corrected chi connectivity index (χ4v) is 3.41. The van der Waals surface area contributed by atoms with Gasteiger partial charge in [-0.1, -0.05) is 0 Å². The fraction of sp³-hybridized carbons (Fsp3) is 1.00. The van der Waals surface area contributed by atoms with Crippen LogP contribution < -0.4 is 5.32 Å². The van der Waals surface area contributed by atoms with E-state index in [4.69, 9.17) is 4.74 Å². The first-order chi connectivity index (χ1) is 9.49. The van der Waals surface area contributed by atoms with Crippen LogP contribution in [0, 0.1) is 0 Å². The number of rotatable bonds is 6. The number of hydrogen-bond donors (Lipinski definition) is 1. The molecule has 0 bridgehead atoms. The van der Waals surface area contributed by atoms with E-state index in [1.54, 1.807) is 0 Å². The molecule has 0 radical (unpaired) electrons. The summed E-state index contributed by atoms with van der Waals surface area (Å²) in [6.45, 7) is 13.6. The Kier molecular flexibility index (Phi) is 5.84. The van der Waals surface area contributed by atoms with E-state index in [-0.39, 0.29) is 5.54 Å². The van der Waals surface area contributed by atoms with Crippen LogP contribution in [0.5, 0.6) is 0 Å². The van der Waals surface area contributed by atoms with Crippen LogP contribution in [0.3, 0.4) is 0 Å². The molecule has 2 aliphatic rings. The van der Waals surface area contributed by atoms with Gasteiger partial charge >= 0.3 is 0 Å². The van der Waals surface area contributed by atoms with Crippen LogP contribution in [0.25, 0.3) is 0 Å².